The summed E-state index contributed by atoms with van der Waals surface area (Å²) in [4.78, 5) is 13.1. The second kappa shape index (κ2) is 1.92. The summed E-state index contributed by atoms with van der Waals surface area (Å²) in [5.41, 5.74) is 0. The molecular formula is C3HClN2O2. The summed E-state index contributed by atoms with van der Waals surface area (Å²) in [6, 6.07) is 0. The lowest BCUT2D eigenvalue weighted by Gasteiger charge is -1.63. The van der Waals surface area contributed by atoms with Gasteiger partial charge in [0.25, 0.3) is 11.2 Å². The van der Waals surface area contributed by atoms with Crippen LogP contribution in [0, 0.1) is 0 Å². The molecule has 0 bridgehead atoms. The summed E-state index contributed by atoms with van der Waals surface area (Å²) in [6.45, 7) is 0. The zero-order valence-electron chi connectivity index (χ0n) is 3.67. The van der Waals surface area contributed by atoms with Crippen LogP contribution < -0.4 is 0 Å². The fourth-order valence-electron chi connectivity index (χ4n) is 0.264. The lowest BCUT2D eigenvalue weighted by atomic mass is 10.8. The molecule has 4 nitrogen and oxygen atoms in total. The molecule has 1 heterocycles. The van der Waals surface area contributed by atoms with Crippen molar-refractivity contribution in [2.24, 2.45) is 0 Å². The molecule has 5 heteroatoms. The van der Waals surface area contributed by atoms with Crippen molar-refractivity contribution in [2.75, 3.05) is 0 Å². The fraction of sp³-hybridized carbons (Fsp3) is 0. The van der Waals surface area contributed by atoms with Gasteiger partial charge >= 0.3 is 0 Å². The molecule has 0 radical (unpaired) electrons. The zero-order chi connectivity index (χ0) is 5.98. The maximum absolute atomic E-state index is 9.76. The van der Waals surface area contributed by atoms with Gasteiger partial charge in [-0.05, 0) is 16.8 Å². The minimum absolute atomic E-state index is 0.0490. The third-order valence-corrected chi connectivity index (χ3v) is 0.671. The van der Waals surface area contributed by atoms with Crippen molar-refractivity contribution in [1.82, 2.24) is 10.1 Å². The standard InChI is InChI=1S/C3HClN2O2/c4-3-5-2(1-7)8-6-3/h1H. The highest BCUT2D eigenvalue weighted by Gasteiger charge is 1.98. The Balaban J connectivity index is 3.00. The summed E-state index contributed by atoms with van der Waals surface area (Å²) in [7, 11) is 0. The highest BCUT2D eigenvalue weighted by Crippen LogP contribution is 1.98. The number of aldehydes is 1. The van der Waals surface area contributed by atoms with Crippen molar-refractivity contribution >= 4 is 17.9 Å². The largest absolute Gasteiger partial charge is 0.330 e. The lowest BCUT2D eigenvalue weighted by Crippen LogP contribution is -1.73. The summed E-state index contributed by atoms with van der Waals surface area (Å²) in [5.74, 6) is -0.102. The van der Waals surface area contributed by atoms with E-state index < -0.39 is 0 Å². The van der Waals surface area contributed by atoms with Crippen LogP contribution in [0.2, 0.25) is 5.28 Å². The van der Waals surface area contributed by atoms with Gasteiger partial charge < -0.3 is 4.52 Å². The number of aromatic nitrogens is 2. The first-order chi connectivity index (χ1) is 3.83. The van der Waals surface area contributed by atoms with E-state index in [0.717, 1.165) is 0 Å². The molecule has 0 unspecified atom stereocenters. The molecule has 0 atom stereocenters. The maximum Gasteiger partial charge on any atom is 0.291 e. The van der Waals surface area contributed by atoms with Crippen LogP contribution >= 0.6 is 11.6 Å². The second-order valence-corrected chi connectivity index (χ2v) is 1.36. The van der Waals surface area contributed by atoms with Crippen molar-refractivity contribution in [3.8, 4) is 0 Å². The maximum atomic E-state index is 9.76. The topological polar surface area (TPSA) is 56.0 Å². The van der Waals surface area contributed by atoms with Gasteiger partial charge in [0.1, 0.15) is 0 Å². The smallest absolute Gasteiger partial charge is 0.291 e. The van der Waals surface area contributed by atoms with Crippen LogP contribution in [0.4, 0.5) is 0 Å². The predicted octanol–water partition coefficient (Wildman–Crippen LogP) is 0.535. The van der Waals surface area contributed by atoms with Crippen LogP contribution in [0.5, 0.6) is 0 Å². The van der Waals surface area contributed by atoms with Crippen molar-refractivity contribution < 1.29 is 9.32 Å². The van der Waals surface area contributed by atoms with Crippen molar-refractivity contribution in [2.45, 2.75) is 0 Å². The third kappa shape index (κ3) is 0.840. The molecule has 1 aromatic rings. The van der Waals surface area contributed by atoms with E-state index >= 15 is 0 Å². The van der Waals surface area contributed by atoms with Gasteiger partial charge in [-0.15, -0.1) is 0 Å². The van der Waals surface area contributed by atoms with Gasteiger partial charge in [-0.25, -0.2) is 0 Å². The molecule has 1 aromatic heterocycles. The normalized spacial score (nSPS) is 9.12. The van der Waals surface area contributed by atoms with E-state index in [1.807, 2.05) is 0 Å². The van der Waals surface area contributed by atoms with Crippen LogP contribution in [0.15, 0.2) is 4.52 Å². The minimum atomic E-state index is -0.102. The SMILES string of the molecule is O=Cc1nc(Cl)no1. The molecule has 0 aromatic carbocycles. The first-order valence-corrected chi connectivity index (χ1v) is 2.15. The molecule has 42 valence electrons. The third-order valence-electron chi connectivity index (χ3n) is 0.518. The predicted molar refractivity (Wildman–Crippen MR) is 24.7 cm³/mol. The zero-order valence-corrected chi connectivity index (χ0v) is 4.42. The highest BCUT2D eigenvalue weighted by molar-refractivity contribution is 6.28. The number of nitrogens with zero attached hydrogens (tertiary/aromatic N) is 2. The Labute approximate surface area is 49.4 Å². The Morgan fingerprint density at radius 2 is 2.50 bits per heavy atom. The van der Waals surface area contributed by atoms with Gasteiger partial charge in [0.05, 0.1) is 0 Å². The van der Waals surface area contributed by atoms with Gasteiger partial charge in [0.2, 0.25) is 6.29 Å². The Kier molecular flexibility index (Phi) is 1.26. The summed E-state index contributed by atoms with van der Waals surface area (Å²) in [5, 5.41) is 3.09. The molecule has 0 aliphatic heterocycles. The summed E-state index contributed by atoms with van der Waals surface area (Å²) >= 11 is 5.16. The minimum Gasteiger partial charge on any atom is -0.330 e. The number of hydrogen-bond donors (Lipinski definition) is 0. The van der Waals surface area contributed by atoms with E-state index in [0.29, 0.717) is 6.29 Å². The van der Waals surface area contributed by atoms with Gasteiger partial charge in [-0.2, -0.15) is 4.98 Å². The molecular weight excluding hydrogens is 131 g/mol. The first kappa shape index (κ1) is 5.24. The quantitative estimate of drug-likeness (QED) is 0.523. The Morgan fingerprint density at radius 3 is 2.75 bits per heavy atom. The van der Waals surface area contributed by atoms with Crippen molar-refractivity contribution in [3.05, 3.63) is 11.2 Å². The van der Waals surface area contributed by atoms with Crippen LogP contribution in [-0.2, 0) is 0 Å². The van der Waals surface area contributed by atoms with Gasteiger partial charge in [0.15, 0.2) is 0 Å². The summed E-state index contributed by atoms with van der Waals surface area (Å²) in [6.07, 6.45) is 0.429. The first-order valence-electron chi connectivity index (χ1n) is 1.77. The van der Waals surface area contributed by atoms with E-state index in [1.54, 1.807) is 0 Å². The molecule has 0 N–H and O–H groups in total. The highest BCUT2D eigenvalue weighted by atomic mass is 35.5. The molecule has 0 fully saturated rings. The molecule has 0 aliphatic carbocycles. The monoisotopic (exact) mass is 132 g/mol. The number of carbonyl (C=O) groups excluding carboxylic acids is 1. The Bertz CT molecular complexity index is 197. The molecule has 0 spiro atoms. The average molecular weight is 133 g/mol. The second-order valence-electron chi connectivity index (χ2n) is 1.02. The average Bonchev–Trinajstić information content (AvgIpc) is 2.14. The fourth-order valence-corrected chi connectivity index (χ4v) is 0.382. The molecule has 0 amide bonds. The van der Waals surface area contributed by atoms with E-state index in [1.165, 1.54) is 0 Å². The van der Waals surface area contributed by atoms with Crippen LogP contribution in [0.3, 0.4) is 0 Å². The lowest BCUT2D eigenvalue weighted by molar-refractivity contribution is 0.108. The Morgan fingerprint density at radius 1 is 1.75 bits per heavy atom. The van der Waals surface area contributed by atoms with Crippen molar-refractivity contribution in [3.63, 3.8) is 0 Å². The molecule has 8 heavy (non-hydrogen) atoms. The van der Waals surface area contributed by atoms with Gasteiger partial charge in [-0.1, -0.05) is 0 Å². The van der Waals surface area contributed by atoms with Crippen molar-refractivity contribution in [1.29, 1.82) is 0 Å². The van der Waals surface area contributed by atoms with E-state index in [2.05, 4.69) is 14.7 Å². The van der Waals surface area contributed by atoms with E-state index in [9.17, 15) is 4.79 Å². The van der Waals surface area contributed by atoms with Gasteiger partial charge in [0, 0.05) is 0 Å². The van der Waals surface area contributed by atoms with E-state index in [-0.39, 0.29) is 11.2 Å². The van der Waals surface area contributed by atoms with Gasteiger partial charge in [-0.3, -0.25) is 4.79 Å². The van der Waals surface area contributed by atoms with E-state index in [4.69, 9.17) is 11.6 Å². The molecule has 0 saturated carbocycles. The molecule has 0 aliphatic rings. The van der Waals surface area contributed by atoms with Crippen LogP contribution in [0.25, 0.3) is 0 Å². The number of carbonyl (C=O) groups is 1. The Hall–Kier alpha value is -0.900. The molecule has 0 saturated heterocycles. The number of rotatable bonds is 1. The summed E-state index contributed by atoms with van der Waals surface area (Å²) < 4.78 is 4.25. The number of halogens is 1. The van der Waals surface area contributed by atoms with Crippen LogP contribution in [-0.4, -0.2) is 16.4 Å². The molecule has 1 rings (SSSR count). The van der Waals surface area contributed by atoms with Crippen LogP contribution in [0.1, 0.15) is 10.7 Å². The number of hydrogen-bond acceptors (Lipinski definition) is 4.